The molecule has 3 rings (SSSR count). The molecule has 2 atom stereocenters. The van der Waals surface area contributed by atoms with Crippen LogP contribution in [-0.4, -0.2) is 52.1 Å². The van der Waals surface area contributed by atoms with Crippen molar-refractivity contribution in [2.45, 2.75) is 51.0 Å². The van der Waals surface area contributed by atoms with E-state index < -0.39 is 0 Å². The van der Waals surface area contributed by atoms with Gasteiger partial charge in [-0.05, 0) is 13.8 Å². The first-order chi connectivity index (χ1) is 8.08. The number of fused-ring (bicyclic) bond motifs is 2. The van der Waals surface area contributed by atoms with Crippen LogP contribution in [0.4, 0.5) is 0 Å². The maximum absolute atomic E-state index is 11.6. The summed E-state index contributed by atoms with van der Waals surface area (Å²) in [6, 6.07) is -0.134. The van der Waals surface area contributed by atoms with Crippen molar-refractivity contribution in [3.63, 3.8) is 0 Å². The third-order valence-electron chi connectivity index (χ3n) is 3.84. The Bertz CT molecular complexity index is 327. The molecule has 2 saturated heterocycles. The van der Waals surface area contributed by atoms with E-state index in [1.807, 2.05) is 4.90 Å². The number of aliphatic hydroxyl groups is 2. The molecule has 2 N–H and O–H groups in total. The molecule has 5 heteroatoms. The number of carbonyl (C=O) groups excluding carboxylic acids is 1. The number of aliphatic hydroxyl groups excluding tert-OH is 2. The second-order valence-corrected chi connectivity index (χ2v) is 4.75. The Morgan fingerprint density at radius 3 is 2.53 bits per heavy atom. The number of hydrogen-bond donors (Lipinski definition) is 2. The molecule has 0 aromatic rings. The van der Waals surface area contributed by atoms with Crippen molar-refractivity contribution in [3.8, 4) is 0 Å². The number of allylic oxidation sites excluding steroid dienone is 1. The van der Waals surface area contributed by atoms with Gasteiger partial charge in [0.25, 0.3) is 0 Å². The van der Waals surface area contributed by atoms with E-state index in [0.717, 1.165) is 0 Å². The van der Waals surface area contributed by atoms with Gasteiger partial charge in [-0.25, -0.2) is 4.79 Å². The smallest absolute Gasteiger partial charge is 0.333 e. The second kappa shape index (κ2) is 4.76. The van der Waals surface area contributed by atoms with E-state index in [0.29, 0.717) is 18.4 Å². The quantitative estimate of drug-likeness (QED) is 0.538. The van der Waals surface area contributed by atoms with Gasteiger partial charge in [0.05, 0.1) is 12.8 Å². The van der Waals surface area contributed by atoms with Gasteiger partial charge >= 0.3 is 5.97 Å². The van der Waals surface area contributed by atoms with Crippen LogP contribution in [0.3, 0.4) is 0 Å². The van der Waals surface area contributed by atoms with E-state index in [1.165, 1.54) is 0 Å². The van der Waals surface area contributed by atoms with Crippen molar-refractivity contribution >= 4 is 5.97 Å². The first-order valence-corrected chi connectivity index (χ1v) is 5.97. The van der Waals surface area contributed by atoms with Crippen molar-refractivity contribution in [1.82, 2.24) is 4.90 Å². The molecule has 2 heterocycles. The van der Waals surface area contributed by atoms with Crippen LogP contribution in [0, 0.1) is 0 Å². The van der Waals surface area contributed by atoms with Crippen LogP contribution in [-0.2, 0) is 9.53 Å². The maximum Gasteiger partial charge on any atom is 0.333 e. The fraction of sp³-hybridized carbons (Fsp3) is 0.750. The van der Waals surface area contributed by atoms with Gasteiger partial charge in [0.2, 0.25) is 0 Å². The molecule has 0 spiro atoms. The van der Waals surface area contributed by atoms with Gasteiger partial charge in [-0.2, -0.15) is 0 Å². The number of hydrogen-bond acceptors (Lipinski definition) is 5. The highest BCUT2D eigenvalue weighted by molar-refractivity contribution is 5.87. The average molecular weight is 241 g/mol. The summed E-state index contributed by atoms with van der Waals surface area (Å²) in [4.78, 5) is 13.4. The Balaban J connectivity index is 1.90. The lowest BCUT2D eigenvalue weighted by molar-refractivity contribution is -0.205. The summed E-state index contributed by atoms with van der Waals surface area (Å²) in [6.45, 7) is 3.48. The Labute approximate surface area is 101 Å². The van der Waals surface area contributed by atoms with Gasteiger partial charge in [0.1, 0.15) is 6.10 Å². The summed E-state index contributed by atoms with van der Waals surface area (Å²) < 4.78 is 5.36. The topological polar surface area (TPSA) is 70.0 Å². The Morgan fingerprint density at radius 1 is 1.47 bits per heavy atom. The molecule has 0 amide bonds. The van der Waals surface area contributed by atoms with Crippen molar-refractivity contribution in [2.24, 2.45) is 0 Å². The molecule has 3 fully saturated rings. The third-order valence-corrected chi connectivity index (χ3v) is 3.84. The molecule has 0 radical (unpaired) electrons. The Kier molecular flexibility index (Phi) is 3.51. The monoisotopic (exact) mass is 241 g/mol. The SMILES string of the molecule is C/C=C(\C)C(=O)OC1CC2C(O)C(C1)N2CO. The normalized spacial score (nSPS) is 37.5. The summed E-state index contributed by atoms with van der Waals surface area (Å²) in [7, 11) is 0. The summed E-state index contributed by atoms with van der Waals surface area (Å²) in [5.41, 5.74) is 0.601. The number of piperidine rings is 1. The van der Waals surface area contributed by atoms with E-state index in [2.05, 4.69) is 0 Å². The van der Waals surface area contributed by atoms with Crippen LogP contribution in [0.1, 0.15) is 26.7 Å². The largest absolute Gasteiger partial charge is 0.459 e. The predicted molar refractivity (Wildman–Crippen MR) is 61.1 cm³/mol. The Morgan fingerprint density at radius 2 is 2.06 bits per heavy atom. The molecule has 2 aliphatic heterocycles. The van der Waals surface area contributed by atoms with Crippen molar-refractivity contribution in [3.05, 3.63) is 11.6 Å². The minimum atomic E-state index is -0.389. The van der Waals surface area contributed by atoms with Gasteiger partial charge in [0, 0.05) is 30.5 Å². The molecule has 0 aromatic carbocycles. The second-order valence-electron chi connectivity index (χ2n) is 4.75. The summed E-state index contributed by atoms with van der Waals surface area (Å²) in [6.07, 6.45) is 2.39. The maximum atomic E-state index is 11.6. The lowest BCUT2D eigenvalue weighted by Gasteiger charge is -2.57. The van der Waals surface area contributed by atoms with E-state index >= 15 is 0 Å². The van der Waals surface area contributed by atoms with Gasteiger partial charge in [-0.1, -0.05) is 6.08 Å². The average Bonchev–Trinajstić information content (AvgIpc) is 2.36. The van der Waals surface area contributed by atoms with E-state index in [-0.39, 0.29) is 37.0 Å². The summed E-state index contributed by atoms with van der Waals surface area (Å²) >= 11 is 0. The number of rotatable bonds is 3. The molecular weight excluding hydrogens is 222 g/mol. The van der Waals surface area contributed by atoms with Crippen molar-refractivity contribution in [2.75, 3.05) is 6.73 Å². The molecule has 0 aromatic heterocycles. The lowest BCUT2D eigenvalue weighted by Crippen LogP contribution is -2.72. The van der Waals surface area contributed by atoms with E-state index in [4.69, 9.17) is 9.84 Å². The molecule has 1 saturated carbocycles. The fourth-order valence-corrected chi connectivity index (χ4v) is 2.65. The van der Waals surface area contributed by atoms with Gasteiger partial charge < -0.3 is 14.9 Å². The molecule has 3 aliphatic rings. The van der Waals surface area contributed by atoms with Crippen molar-refractivity contribution < 1.29 is 19.7 Å². The third kappa shape index (κ3) is 2.10. The van der Waals surface area contributed by atoms with Crippen LogP contribution in [0.2, 0.25) is 0 Å². The fourth-order valence-electron chi connectivity index (χ4n) is 2.65. The number of carbonyl (C=O) groups is 1. The van der Waals surface area contributed by atoms with E-state index in [9.17, 15) is 9.90 Å². The zero-order valence-corrected chi connectivity index (χ0v) is 10.2. The zero-order chi connectivity index (χ0) is 12.6. The number of esters is 1. The first-order valence-electron chi connectivity index (χ1n) is 5.97. The molecule has 2 unspecified atom stereocenters. The standard InChI is InChI=1S/C12H19NO4/c1-3-7(2)12(16)17-8-4-9-11(15)10(5-8)13(9)6-14/h3,8-11,14-15H,4-6H2,1-2H3/b7-3+. The molecule has 17 heavy (non-hydrogen) atoms. The minimum Gasteiger partial charge on any atom is -0.459 e. The van der Waals surface area contributed by atoms with E-state index in [1.54, 1.807) is 19.9 Å². The Hall–Kier alpha value is -0.910. The highest BCUT2D eigenvalue weighted by Crippen LogP contribution is 2.39. The van der Waals surface area contributed by atoms with Gasteiger partial charge in [-0.3, -0.25) is 4.90 Å². The highest BCUT2D eigenvalue weighted by atomic mass is 16.5. The minimum absolute atomic E-state index is 0.0407. The van der Waals surface area contributed by atoms with Gasteiger partial charge in [0.15, 0.2) is 0 Å². The summed E-state index contributed by atoms with van der Waals surface area (Å²) in [5, 5.41) is 18.8. The molecule has 96 valence electrons. The lowest BCUT2D eigenvalue weighted by atomic mass is 9.76. The molecule has 1 aliphatic carbocycles. The van der Waals surface area contributed by atoms with Crippen LogP contribution in [0.5, 0.6) is 0 Å². The van der Waals surface area contributed by atoms with Crippen LogP contribution >= 0.6 is 0 Å². The number of nitrogens with zero attached hydrogens (tertiary/aromatic N) is 1. The predicted octanol–water partition coefficient (Wildman–Crippen LogP) is 0.0217. The summed E-state index contributed by atoms with van der Waals surface area (Å²) in [5.74, 6) is -0.288. The molecule has 5 nitrogen and oxygen atoms in total. The van der Waals surface area contributed by atoms with Crippen LogP contribution < -0.4 is 0 Å². The highest BCUT2D eigenvalue weighted by Gasteiger charge is 2.53. The molecular formula is C12H19NO4. The van der Waals surface area contributed by atoms with Crippen molar-refractivity contribution in [1.29, 1.82) is 0 Å². The zero-order valence-electron chi connectivity index (χ0n) is 10.2. The van der Waals surface area contributed by atoms with Crippen LogP contribution in [0.25, 0.3) is 0 Å². The molecule has 2 bridgehead atoms. The number of ether oxygens (including phenoxy) is 1. The van der Waals surface area contributed by atoms with Gasteiger partial charge in [-0.15, -0.1) is 0 Å². The first kappa shape index (κ1) is 12.5. The van der Waals surface area contributed by atoms with Crippen LogP contribution in [0.15, 0.2) is 11.6 Å².